The van der Waals surface area contributed by atoms with E-state index in [1.807, 2.05) is 6.07 Å². The summed E-state index contributed by atoms with van der Waals surface area (Å²) in [6.07, 6.45) is 0. The van der Waals surface area contributed by atoms with Crippen LogP contribution < -0.4 is 24.7 Å². The quantitative estimate of drug-likeness (QED) is 0.119. The minimum absolute atomic E-state index is 0.0896. The topological polar surface area (TPSA) is 212 Å². The highest BCUT2D eigenvalue weighted by Gasteiger charge is 2.26. The highest BCUT2D eigenvalue weighted by Crippen LogP contribution is 2.44. The van der Waals surface area contributed by atoms with Gasteiger partial charge < -0.3 is 44.9 Å². The molecule has 15 nitrogen and oxygen atoms in total. The number of anilines is 1. The third-order valence-electron chi connectivity index (χ3n) is 9.05. The van der Waals surface area contributed by atoms with Crippen LogP contribution in [0.5, 0.6) is 34.5 Å². The second-order valence-electron chi connectivity index (χ2n) is 11.9. The Labute approximate surface area is 301 Å². The summed E-state index contributed by atoms with van der Waals surface area (Å²) in [6.45, 7) is 0. The predicted molar refractivity (Wildman–Crippen MR) is 198 cm³/mol. The molecule has 52 heavy (non-hydrogen) atoms. The first-order valence-corrected chi connectivity index (χ1v) is 16.5. The largest absolute Gasteiger partial charge is 0.504 e. The number of ether oxygens (including phenoxy) is 4. The number of nitrogen functional groups attached to an aromatic ring is 1. The number of hydrogen-bond acceptors (Lipinski definition) is 13. The number of aromatic nitrogens is 8. The summed E-state index contributed by atoms with van der Waals surface area (Å²) in [4.78, 5) is 36.3. The molecule has 6 N–H and O–H groups in total. The number of aromatic hydroxyl groups is 2. The van der Waals surface area contributed by atoms with E-state index < -0.39 is 0 Å². The molecule has 2 aliphatic rings. The molecule has 9 rings (SSSR count). The molecule has 2 aliphatic heterocycles. The molecule has 0 unspecified atom stereocenters. The third kappa shape index (κ3) is 4.64. The van der Waals surface area contributed by atoms with Crippen molar-refractivity contribution in [2.75, 3.05) is 34.2 Å². The molecule has 0 spiro atoms. The number of aromatic amines is 2. The van der Waals surface area contributed by atoms with Gasteiger partial charge in [-0.3, -0.25) is 0 Å². The van der Waals surface area contributed by atoms with E-state index in [0.717, 1.165) is 0 Å². The minimum Gasteiger partial charge on any atom is -0.504 e. The zero-order valence-corrected chi connectivity index (χ0v) is 29.4. The van der Waals surface area contributed by atoms with Crippen molar-refractivity contribution in [3.8, 4) is 80.0 Å². The van der Waals surface area contributed by atoms with E-state index >= 15 is 0 Å². The van der Waals surface area contributed by atoms with Crippen molar-refractivity contribution in [3.63, 3.8) is 0 Å². The van der Waals surface area contributed by atoms with Gasteiger partial charge in [0.25, 0.3) is 0 Å². The van der Waals surface area contributed by atoms with Crippen LogP contribution in [0.3, 0.4) is 0 Å². The maximum Gasteiger partial charge on any atom is 0.164 e. The van der Waals surface area contributed by atoms with Crippen molar-refractivity contribution in [1.82, 2.24) is 39.9 Å². The number of nitrogens with one attached hydrogen (secondary N) is 2. The van der Waals surface area contributed by atoms with Crippen LogP contribution >= 0.6 is 15.9 Å². The van der Waals surface area contributed by atoms with E-state index in [9.17, 15) is 10.2 Å². The van der Waals surface area contributed by atoms with Gasteiger partial charge in [-0.2, -0.15) is 0 Å². The number of H-pyrrole nitrogens is 2. The Kier molecular flexibility index (Phi) is 6.88. The first-order chi connectivity index (χ1) is 25.2. The number of benzene rings is 4. The molecule has 0 radical (unpaired) electrons. The predicted octanol–water partition coefficient (Wildman–Crippen LogP) is 6.66. The lowest BCUT2D eigenvalue weighted by Crippen LogP contribution is -1.90. The van der Waals surface area contributed by atoms with E-state index in [4.69, 9.17) is 54.6 Å². The van der Waals surface area contributed by atoms with Gasteiger partial charge in [-0.25, -0.2) is 29.9 Å². The molecular formula is C36H26BrN9O6. The molecule has 0 atom stereocenters. The molecule has 0 saturated heterocycles. The molecule has 5 heterocycles. The Morgan fingerprint density at radius 1 is 0.481 bits per heavy atom. The molecule has 8 bridgehead atoms. The van der Waals surface area contributed by atoms with Crippen LogP contribution in [0.2, 0.25) is 0 Å². The molecule has 0 aliphatic carbocycles. The zero-order chi connectivity index (χ0) is 36.0. The highest BCUT2D eigenvalue weighted by atomic mass is 79.9. The van der Waals surface area contributed by atoms with E-state index in [2.05, 4.69) is 25.9 Å². The van der Waals surface area contributed by atoms with E-state index in [0.29, 0.717) is 99.7 Å². The van der Waals surface area contributed by atoms with Gasteiger partial charge in [-0.1, -0.05) is 0 Å². The third-order valence-corrected chi connectivity index (χ3v) is 9.74. The van der Waals surface area contributed by atoms with Crippen LogP contribution in [0.25, 0.3) is 89.7 Å². The first kappa shape index (κ1) is 31.3. The Morgan fingerprint density at radius 3 is 1.21 bits per heavy atom. The Balaban J connectivity index is 1.50. The van der Waals surface area contributed by atoms with Crippen LogP contribution in [-0.4, -0.2) is 78.5 Å². The smallest absolute Gasteiger partial charge is 0.164 e. The van der Waals surface area contributed by atoms with Crippen molar-refractivity contribution < 1.29 is 29.2 Å². The van der Waals surface area contributed by atoms with E-state index in [1.54, 1.807) is 56.7 Å². The molecule has 258 valence electrons. The number of phenolic OH excluding ortho intramolecular Hbond substituents is 2. The number of nitrogens with two attached hydrogens (primary N) is 1. The summed E-state index contributed by atoms with van der Waals surface area (Å²) in [7, 11) is 6.03. The molecule has 16 heteroatoms. The molecule has 3 aromatic heterocycles. The molecule has 0 fully saturated rings. The van der Waals surface area contributed by atoms with Crippen LogP contribution in [-0.2, 0) is 0 Å². The Bertz CT molecular complexity index is 2870. The average Bonchev–Trinajstić information content (AvgIpc) is 3.85. The number of nitrogens with zero attached hydrogens (tertiary/aromatic N) is 6. The van der Waals surface area contributed by atoms with Crippen molar-refractivity contribution in [3.05, 3.63) is 53.0 Å². The molecule has 0 amide bonds. The summed E-state index contributed by atoms with van der Waals surface area (Å²) in [6, 6.07) is 13.6. The lowest BCUT2D eigenvalue weighted by molar-refractivity contribution is 0.356. The Hall–Kier alpha value is -6.68. The first-order valence-electron chi connectivity index (χ1n) is 15.7. The zero-order valence-electron chi connectivity index (χ0n) is 27.8. The fraction of sp³-hybridized carbons (Fsp3) is 0.111. The van der Waals surface area contributed by atoms with Gasteiger partial charge in [-0.05, 0) is 64.5 Å². The number of hydrogen-bond donors (Lipinski definition) is 5. The fourth-order valence-corrected chi connectivity index (χ4v) is 6.85. The number of fused-ring (bicyclic) bond motifs is 20. The summed E-state index contributed by atoms with van der Waals surface area (Å²) in [5.41, 5.74) is 10.7. The molecular weight excluding hydrogens is 734 g/mol. The van der Waals surface area contributed by atoms with Gasteiger partial charge in [0.15, 0.2) is 57.8 Å². The van der Waals surface area contributed by atoms with Crippen molar-refractivity contribution >= 4 is 65.8 Å². The van der Waals surface area contributed by atoms with Crippen LogP contribution in [0.1, 0.15) is 0 Å². The summed E-state index contributed by atoms with van der Waals surface area (Å²) >= 11 is 3.55. The van der Waals surface area contributed by atoms with Crippen molar-refractivity contribution in [1.29, 1.82) is 0 Å². The summed E-state index contributed by atoms with van der Waals surface area (Å²) in [5, 5.41) is 24.3. The Morgan fingerprint density at radius 2 is 0.827 bits per heavy atom. The monoisotopic (exact) mass is 759 g/mol. The highest BCUT2D eigenvalue weighted by molar-refractivity contribution is 9.10. The molecule has 0 saturated carbocycles. The van der Waals surface area contributed by atoms with Crippen molar-refractivity contribution in [2.45, 2.75) is 0 Å². The number of halogens is 1. The molecule has 4 aromatic carbocycles. The minimum atomic E-state index is -0.0926. The number of methoxy groups -OCH3 is 4. The normalized spacial score (nSPS) is 11.8. The average molecular weight is 761 g/mol. The summed E-state index contributed by atoms with van der Waals surface area (Å²) in [5.74, 6) is 2.38. The lowest BCUT2D eigenvalue weighted by atomic mass is 10.1. The number of rotatable bonds is 4. The van der Waals surface area contributed by atoms with E-state index in [-0.39, 0.29) is 34.6 Å². The lowest BCUT2D eigenvalue weighted by Gasteiger charge is -2.07. The second kappa shape index (κ2) is 11.4. The SMILES string of the molecule is COc1cc2c(cc1O)-c1nc-2nc2[nH]c(nc3nc(nc4[nH]c(n1)c1cc(Br)c(N)cc41)-c1cc(OC)c(O)cc1-3)c1cc(OC)c(OC)cc21. The van der Waals surface area contributed by atoms with Gasteiger partial charge >= 0.3 is 0 Å². The van der Waals surface area contributed by atoms with Crippen LogP contribution in [0.4, 0.5) is 5.69 Å². The maximum absolute atomic E-state index is 10.8. The van der Waals surface area contributed by atoms with Gasteiger partial charge in [0.1, 0.15) is 22.6 Å². The number of phenols is 2. The maximum atomic E-state index is 10.8. The summed E-state index contributed by atoms with van der Waals surface area (Å²) < 4.78 is 22.8. The fourth-order valence-electron chi connectivity index (χ4n) is 6.51. The molecule has 7 aromatic rings. The van der Waals surface area contributed by atoms with Gasteiger partial charge in [-0.15, -0.1) is 0 Å². The van der Waals surface area contributed by atoms with Gasteiger partial charge in [0.2, 0.25) is 0 Å². The van der Waals surface area contributed by atoms with E-state index in [1.165, 1.54) is 14.2 Å². The van der Waals surface area contributed by atoms with Crippen molar-refractivity contribution in [2.24, 2.45) is 0 Å². The standard InChI is InChI=1S/C36H26BrN9O6/c1-49-25-9-17-16(8-24(25)48)32-43-33(17)41-30-14-6-22(38)21(37)5-13(14)29(39-30)40-31-15-7-23(47)26(50-2)10-18(15)34(42-31)45-36-20-12-28(52-4)27(51-3)11-19(20)35(44-32)46-36/h5-12,47-48H,38H2,1-4H3,(H2,39,40,41,42,43,44,45,46). The van der Waals surface area contributed by atoms with Crippen LogP contribution in [0, 0.1) is 0 Å². The van der Waals surface area contributed by atoms with Gasteiger partial charge in [0, 0.05) is 54.0 Å². The van der Waals surface area contributed by atoms with Crippen LogP contribution in [0.15, 0.2) is 53.0 Å². The second-order valence-corrected chi connectivity index (χ2v) is 12.8. The van der Waals surface area contributed by atoms with Gasteiger partial charge in [0.05, 0.1) is 28.4 Å².